The molecule has 0 spiro atoms. The molecule has 0 saturated heterocycles. The Hall–Kier alpha value is -1.26. The van der Waals surface area contributed by atoms with Crippen molar-refractivity contribution >= 4 is 11.3 Å². The van der Waals surface area contributed by atoms with E-state index in [1.807, 2.05) is 25.2 Å². The van der Waals surface area contributed by atoms with Crippen molar-refractivity contribution < 1.29 is 0 Å². The highest BCUT2D eigenvalue weighted by Crippen LogP contribution is 2.44. The van der Waals surface area contributed by atoms with Gasteiger partial charge in [-0.25, -0.2) is 4.98 Å². The van der Waals surface area contributed by atoms with Crippen molar-refractivity contribution in [2.45, 2.75) is 46.1 Å². The summed E-state index contributed by atoms with van der Waals surface area (Å²) in [6.45, 7) is 8.19. The first-order valence-corrected chi connectivity index (χ1v) is 8.15. The predicted octanol–water partition coefficient (Wildman–Crippen LogP) is 3.81. The van der Waals surface area contributed by atoms with Gasteiger partial charge in [0.25, 0.3) is 0 Å². The molecule has 0 aromatic carbocycles. The van der Waals surface area contributed by atoms with E-state index < -0.39 is 0 Å². The summed E-state index contributed by atoms with van der Waals surface area (Å²) in [6.07, 6.45) is 2.60. The van der Waals surface area contributed by atoms with Gasteiger partial charge >= 0.3 is 0 Å². The molecule has 3 nitrogen and oxygen atoms in total. The number of pyridine rings is 1. The van der Waals surface area contributed by atoms with Crippen LogP contribution < -0.4 is 5.32 Å². The first-order valence-electron chi connectivity index (χ1n) is 7.33. The summed E-state index contributed by atoms with van der Waals surface area (Å²) in [6, 6.07) is 4.28. The summed E-state index contributed by atoms with van der Waals surface area (Å²) in [5.74, 6) is 0.706. The Labute approximate surface area is 124 Å². The Bertz CT molecular complexity index is 594. The van der Waals surface area contributed by atoms with Crippen LogP contribution in [-0.2, 0) is 6.54 Å². The van der Waals surface area contributed by atoms with Crippen molar-refractivity contribution in [3.8, 4) is 10.6 Å². The van der Waals surface area contributed by atoms with Gasteiger partial charge in [-0.1, -0.05) is 6.92 Å². The Balaban J connectivity index is 1.96. The first kappa shape index (κ1) is 13.7. The van der Waals surface area contributed by atoms with Crippen LogP contribution in [0.5, 0.6) is 0 Å². The van der Waals surface area contributed by atoms with Crippen LogP contribution >= 0.6 is 11.3 Å². The maximum Gasteiger partial charge on any atom is 0.124 e. The second-order valence-corrected chi connectivity index (χ2v) is 6.60. The molecule has 3 rings (SSSR count). The molecule has 2 heterocycles. The van der Waals surface area contributed by atoms with Crippen LogP contribution in [0.4, 0.5) is 0 Å². The molecular formula is C16H21N3S. The van der Waals surface area contributed by atoms with Crippen molar-refractivity contribution in [1.29, 1.82) is 0 Å². The van der Waals surface area contributed by atoms with Gasteiger partial charge in [0, 0.05) is 34.3 Å². The third kappa shape index (κ3) is 2.91. The third-order valence-electron chi connectivity index (χ3n) is 3.56. The smallest absolute Gasteiger partial charge is 0.124 e. The molecular weight excluding hydrogens is 266 g/mol. The molecule has 1 saturated carbocycles. The molecule has 2 aromatic heterocycles. The molecule has 0 radical (unpaired) electrons. The van der Waals surface area contributed by atoms with Crippen LogP contribution in [0.15, 0.2) is 12.1 Å². The van der Waals surface area contributed by atoms with E-state index in [0.717, 1.165) is 29.5 Å². The van der Waals surface area contributed by atoms with Gasteiger partial charge < -0.3 is 5.32 Å². The Morgan fingerprint density at radius 2 is 1.90 bits per heavy atom. The van der Waals surface area contributed by atoms with Crippen LogP contribution in [0.3, 0.4) is 0 Å². The van der Waals surface area contributed by atoms with Crippen LogP contribution in [-0.4, -0.2) is 16.5 Å². The van der Waals surface area contributed by atoms with Crippen molar-refractivity contribution in [2.75, 3.05) is 6.54 Å². The fourth-order valence-electron chi connectivity index (χ4n) is 2.49. The first-order chi connectivity index (χ1) is 9.67. The van der Waals surface area contributed by atoms with Gasteiger partial charge in [-0.15, -0.1) is 11.3 Å². The summed E-state index contributed by atoms with van der Waals surface area (Å²) in [7, 11) is 0. The predicted molar refractivity (Wildman–Crippen MR) is 84.2 cm³/mol. The number of hydrogen-bond donors (Lipinski definition) is 1. The van der Waals surface area contributed by atoms with Crippen molar-refractivity contribution in [1.82, 2.24) is 15.3 Å². The quantitative estimate of drug-likeness (QED) is 0.908. The van der Waals surface area contributed by atoms with Crippen molar-refractivity contribution in [3.05, 3.63) is 34.1 Å². The summed E-state index contributed by atoms with van der Waals surface area (Å²) < 4.78 is 0. The molecule has 0 aliphatic heterocycles. The van der Waals surface area contributed by atoms with Gasteiger partial charge in [0.15, 0.2) is 0 Å². The molecule has 0 atom stereocenters. The molecule has 1 aliphatic carbocycles. The largest absolute Gasteiger partial charge is 0.312 e. The minimum absolute atomic E-state index is 0.706. The number of thiazole rings is 1. The van der Waals surface area contributed by atoms with E-state index in [1.54, 1.807) is 0 Å². The molecule has 1 aliphatic rings. The molecule has 2 aromatic rings. The lowest BCUT2D eigenvalue weighted by Gasteiger charge is -2.00. The van der Waals surface area contributed by atoms with E-state index in [2.05, 4.69) is 29.4 Å². The van der Waals surface area contributed by atoms with Gasteiger partial charge in [-0.05, 0) is 45.4 Å². The highest BCUT2D eigenvalue weighted by molar-refractivity contribution is 7.15. The number of aromatic nitrogens is 2. The number of aryl methyl sites for hydroxylation is 2. The fourth-order valence-corrected chi connectivity index (χ4v) is 3.59. The minimum atomic E-state index is 0.706. The number of nitrogens with one attached hydrogen (secondary N) is 1. The summed E-state index contributed by atoms with van der Waals surface area (Å²) in [5.41, 5.74) is 4.68. The average Bonchev–Trinajstić information content (AvgIpc) is 3.15. The van der Waals surface area contributed by atoms with E-state index in [-0.39, 0.29) is 0 Å². The van der Waals surface area contributed by atoms with Gasteiger partial charge in [-0.2, -0.15) is 0 Å². The van der Waals surface area contributed by atoms with Gasteiger partial charge in [-0.3, -0.25) is 4.98 Å². The second-order valence-electron chi connectivity index (χ2n) is 5.52. The van der Waals surface area contributed by atoms with Gasteiger partial charge in [0.05, 0.1) is 5.69 Å². The van der Waals surface area contributed by atoms with Crippen LogP contribution in [0.25, 0.3) is 10.6 Å². The third-order valence-corrected chi connectivity index (χ3v) is 4.68. The molecule has 4 heteroatoms. The van der Waals surface area contributed by atoms with Gasteiger partial charge in [0.1, 0.15) is 5.01 Å². The Morgan fingerprint density at radius 1 is 1.20 bits per heavy atom. The summed E-state index contributed by atoms with van der Waals surface area (Å²) >= 11 is 1.84. The molecule has 1 N–H and O–H groups in total. The number of hydrogen-bond acceptors (Lipinski definition) is 4. The average molecular weight is 287 g/mol. The van der Waals surface area contributed by atoms with E-state index in [4.69, 9.17) is 4.98 Å². The standard InChI is InChI=1S/C16H21N3S/c1-4-17-9-14-15(12-5-6-12)19-16(20-14)13-7-10(2)18-11(3)8-13/h7-8,12,17H,4-6,9H2,1-3H3. The number of rotatable bonds is 5. The van der Waals surface area contributed by atoms with Crippen LogP contribution in [0.1, 0.15) is 47.6 Å². The van der Waals surface area contributed by atoms with Crippen molar-refractivity contribution in [2.24, 2.45) is 0 Å². The van der Waals surface area contributed by atoms with E-state index >= 15 is 0 Å². The molecule has 1 fully saturated rings. The lowest BCUT2D eigenvalue weighted by Crippen LogP contribution is -2.11. The second kappa shape index (κ2) is 5.62. The zero-order valence-electron chi connectivity index (χ0n) is 12.4. The maximum atomic E-state index is 4.93. The van der Waals surface area contributed by atoms with Crippen LogP contribution in [0.2, 0.25) is 0 Å². The highest BCUT2D eigenvalue weighted by atomic mass is 32.1. The Kier molecular flexibility index (Phi) is 3.85. The van der Waals surface area contributed by atoms with Crippen molar-refractivity contribution in [3.63, 3.8) is 0 Å². The number of nitrogens with zero attached hydrogens (tertiary/aromatic N) is 2. The van der Waals surface area contributed by atoms with Crippen LogP contribution in [0, 0.1) is 13.8 Å². The highest BCUT2D eigenvalue weighted by Gasteiger charge is 2.29. The van der Waals surface area contributed by atoms with E-state index in [1.165, 1.54) is 29.0 Å². The van der Waals surface area contributed by atoms with Gasteiger partial charge in [0.2, 0.25) is 0 Å². The SMILES string of the molecule is CCNCc1sc(-c2cc(C)nc(C)c2)nc1C1CC1. The molecule has 20 heavy (non-hydrogen) atoms. The normalized spacial score (nSPS) is 14.8. The zero-order valence-corrected chi connectivity index (χ0v) is 13.2. The molecule has 106 valence electrons. The summed E-state index contributed by atoms with van der Waals surface area (Å²) in [4.78, 5) is 10.8. The molecule has 0 bridgehead atoms. The monoisotopic (exact) mass is 287 g/mol. The zero-order chi connectivity index (χ0) is 14.1. The maximum absolute atomic E-state index is 4.93. The Morgan fingerprint density at radius 3 is 2.50 bits per heavy atom. The topological polar surface area (TPSA) is 37.8 Å². The molecule has 0 unspecified atom stereocenters. The van der Waals surface area contributed by atoms with E-state index in [0.29, 0.717) is 5.92 Å². The lowest BCUT2D eigenvalue weighted by molar-refractivity contribution is 0.727. The minimum Gasteiger partial charge on any atom is -0.312 e. The lowest BCUT2D eigenvalue weighted by atomic mass is 10.2. The molecule has 0 amide bonds. The van der Waals surface area contributed by atoms with E-state index in [9.17, 15) is 0 Å². The fraction of sp³-hybridized carbons (Fsp3) is 0.500. The summed E-state index contributed by atoms with van der Waals surface area (Å²) in [5, 5.41) is 4.58.